The smallest absolute Gasteiger partial charge is 0.0564 e. The predicted octanol–water partition coefficient (Wildman–Crippen LogP) is 3.03. The molecule has 1 aromatic rings. The van der Waals surface area contributed by atoms with Gasteiger partial charge in [0.05, 0.1) is 6.04 Å². The van der Waals surface area contributed by atoms with Crippen molar-refractivity contribution in [3.8, 4) is 0 Å². The fourth-order valence-electron chi connectivity index (χ4n) is 1.83. The van der Waals surface area contributed by atoms with Crippen molar-refractivity contribution in [3.05, 3.63) is 21.9 Å². The number of likely N-dealkylation sites (N-methyl/N-ethyl adjacent to an activating group) is 1. The van der Waals surface area contributed by atoms with E-state index in [0.29, 0.717) is 12.6 Å². The Morgan fingerprint density at radius 3 is 2.56 bits per heavy atom. The van der Waals surface area contributed by atoms with Crippen molar-refractivity contribution in [1.82, 2.24) is 4.90 Å². The summed E-state index contributed by atoms with van der Waals surface area (Å²) in [5, 5.41) is 2.16. The minimum absolute atomic E-state index is 0.388. The molecule has 1 heterocycles. The van der Waals surface area contributed by atoms with E-state index in [0.717, 1.165) is 12.5 Å². The first-order valence-electron chi connectivity index (χ1n) is 6.00. The second-order valence-electron chi connectivity index (χ2n) is 4.88. The van der Waals surface area contributed by atoms with Gasteiger partial charge in [-0.05, 0) is 49.9 Å². The van der Waals surface area contributed by atoms with Crippen LogP contribution in [0.1, 0.15) is 36.8 Å². The van der Waals surface area contributed by atoms with Gasteiger partial charge in [0.25, 0.3) is 0 Å². The standard InChI is InChI=1S/C13H24N2S/c1-10(2)5-7-15(4)12(9-14)13-11(3)6-8-16-13/h6,8,10,12H,5,7,9,14H2,1-4H3. The molecule has 0 fully saturated rings. The van der Waals surface area contributed by atoms with Gasteiger partial charge in [0.15, 0.2) is 0 Å². The number of nitrogens with zero attached hydrogens (tertiary/aromatic N) is 1. The fourth-order valence-corrected chi connectivity index (χ4v) is 2.94. The van der Waals surface area contributed by atoms with E-state index in [9.17, 15) is 0 Å². The average Bonchev–Trinajstić information content (AvgIpc) is 2.63. The molecule has 0 saturated carbocycles. The Balaban J connectivity index is 2.64. The van der Waals surface area contributed by atoms with Gasteiger partial charge in [-0.3, -0.25) is 4.90 Å². The zero-order chi connectivity index (χ0) is 12.1. The Hall–Kier alpha value is -0.380. The van der Waals surface area contributed by atoms with Crippen LogP contribution in [-0.2, 0) is 0 Å². The van der Waals surface area contributed by atoms with Crippen molar-refractivity contribution in [1.29, 1.82) is 0 Å². The number of aryl methyl sites for hydroxylation is 1. The topological polar surface area (TPSA) is 29.3 Å². The van der Waals surface area contributed by atoms with Crippen LogP contribution >= 0.6 is 11.3 Å². The van der Waals surface area contributed by atoms with Gasteiger partial charge in [-0.15, -0.1) is 11.3 Å². The number of thiophene rings is 1. The van der Waals surface area contributed by atoms with Crippen LogP contribution in [0.15, 0.2) is 11.4 Å². The summed E-state index contributed by atoms with van der Waals surface area (Å²) < 4.78 is 0. The first-order chi connectivity index (χ1) is 7.56. The highest BCUT2D eigenvalue weighted by molar-refractivity contribution is 7.10. The molecule has 92 valence electrons. The van der Waals surface area contributed by atoms with Crippen LogP contribution in [-0.4, -0.2) is 25.0 Å². The Kier molecular flexibility index (Phi) is 5.46. The molecule has 16 heavy (non-hydrogen) atoms. The lowest BCUT2D eigenvalue weighted by atomic mass is 10.1. The van der Waals surface area contributed by atoms with Crippen molar-refractivity contribution in [2.45, 2.75) is 33.2 Å². The Labute approximate surface area is 103 Å². The van der Waals surface area contributed by atoms with E-state index >= 15 is 0 Å². The summed E-state index contributed by atoms with van der Waals surface area (Å²) in [6.07, 6.45) is 1.23. The number of nitrogens with two attached hydrogens (primary N) is 1. The predicted molar refractivity (Wildman–Crippen MR) is 72.9 cm³/mol. The minimum Gasteiger partial charge on any atom is -0.329 e. The van der Waals surface area contributed by atoms with E-state index in [-0.39, 0.29) is 0 Å². The molecule has 1 rings (SSSR count). The van der Waals surface area contributed by atoms with Crippen LogP contribution in [0.5, 0.6) is 0 Å². The van der Waals surface area contributed by atoms with Crippen LogP contribution in [0.3, 0.4) is 0 Å². The molecule has 3 heteroatoms. The van der Waals surface area contributed by atoms with E-state index < -0.39 is 0 Å². The number of rotatable bonds is 6. The summed E-state index contributed by atoms with van der Waals surface area (Å²) in [5.74, 6) is 0.755. The zero-order valence-corrected chi connectivity index (χ0v) is 11.7. The number of hydrogen-bond donors (Lipinski definition) is 1. The van der Waals surface area contributed by atoms with E-state index in [4.69, 9.17) is 5.73 Å². The molecular formula is C13H24N2S. The SMILES string of the molecule is Cc1ccsc1C(CN)N(C)CCC(C)C. The molecular weight excluding hydrogens is 216 g/mol. The second kappa shape index (κ2) is 6.38. The zero-order valence-electron chi connectivity index (χ0n) is 10.9. The molecule has 0 amide bonds. The molecule has 0 aliphatic heterocycles. The molecule has 1 aromatic heterocycles. The van der Waals surface area contributed by atoms with Gasteiger partial charge in [0.1, 0.15) is 0 Å². The van der Waals surface area contributed by atoms with Gasteiger partial charge in [-0.1, -0.05) is 13.8 Å². The lowest BCUT2D eigenvalue weighted by molar-refractivity contribution is 0.238. The van der Waals surface area contributed by atoms with E-state index in [1.807, 2.05) is 11.3 Å². The van der Waals surface area contributed by atoms with Crippen LogP contribution in [0.25, 0.3) is 0 Å². The van der Waals surface area contributed by atoms with Crippen molar-refractivity contribution >= 4 is 11.3 Å². The highest BCUT2D eigenvalue weighted by atomic mass is 32.1. The van der Waals surface area contributed by atoms with Crippen LogP contribution in [0.4, 0.5) is 0 Å². The van der Waals surface area contributed by atoms with Crippen LogP contribution < -0.4 is 5.73 Å². The molecule has 0 aromatic carbocycles. The Morgan fingerprint density at radius 2 is 2.12 bits per heavy atom. The maximum atomic E-state index is 5.91. The van der Waals surface area contributed by atoms with Gasteiger partial charge in [0.2, 0.25) is 0 Å². The summed E-state index contributed by atoms with van der Waals surface area (Å²) >= 11 is 1.82. The molecule has 1 atom stereocenters. The van der Waals surface area contributed by atoms with Crippen LogP contribution in [0, 0.1) is 12.8 Å². The maximum absolute atomic E-state index is 5.91. The van der Waals surface area contributed by atoms with E-state index in [2.05, 4.69) is 44.2 Å². The molecule has 0 saturated heterocycles. The molecule has 0 aliphatic rings. The Bertz CT molecular complexity index is 307. The van der Waals surface area contributed by atoms with E-state index in [1.165, 1.54) is 16.9 Å². The van der Waals surface area contributed by atoms with Crippen molar-refractivity contribution in [2.75, 3.05) is 20.1 Å². The third-order valence-electron chi connectivity index (χ3n) is 3.02. The highest BCUT2D eigenvalue weighted by Gasteiger charge is 2.18. The third-order valence-corrected chi connectivity index (χ3v) is 4.14. The van der Waals surface area contributed by atoms with Crippen LogP contribution in [0.2, 0.25) is 0 Å². The molecule has 2 N–H and O–H groups in total. The first-order valence-corrected chi connectivity index (χ1v) is 6.88. The van der Waals surface area contributed by atoms with Gasteiger partial charge in [-0.2, -0.15) is 0 Å². The summed E-state index contributed by atoms with van der Waals surface area (Å²) in [4.78, 5) is 3.81. The first kappa shape index (κ1) is 13.7. The van der Waals surface area contributed by atoms with Gasteiger partial charge < -0.3 is 5.73 Å². The molecule has 0 radical (unpaired) electrons. The maximum Gasteiger partial charge on any atom is 0.0564 e. The third kappa shape index (κ3) is 3.58. The van der Waals surface area contributed by atoms with Crippen molar-refractivity contribution in [3.63, 3.8) is 0 Å². The molecule has 1 unspecified atom stereocenters. The van der Waals surface area contributed by atoms with Crippen molar-refractivity contribution in [2.24, 2.45) is 11.7 Å². The van der Waals surface area contributed by atoms with Gasteiger partial charge >= 0.3 is 0 Å². The largest absolute Gasteiger partial charge is 0.329 e. The lowest BCUT2D eigenvalue weighted by Gasteiger charge is -2.27. The fraction of sp³-hybridized carbons (Fsp3) is 0.692. The normalized spacial score (nSPS) is 13.7. The molecule has 2 nitrogen and oxygen atoms in total. The van der Waals surface area contributed by atoms with Crippen molar-refractivity contribution < 1.29 is 0 Å². The van der Waals surface area contributed by atoms with Gasteiger partial charge in [-0.25, -0.2) is 0 Å². The summed E-state index contributed by atoms with van der Waals surface area (Å²) in [5.41, 5.74) is 7.28. The highest BCUT2D eigenvalue weighted by Crippen LogP contribution is 2.27. The average molecular weight is 240 g/mol. The van der Waals surface area contributed by atoms with Gasteiger partial charge in [0, 0.05) is 11.4 Å². The lowest BCUT2D eigenvalue weighted by Crippen LogP contribution is -2.31. The molecule has 0 bridgehead atoms. The minimum atomic E-state index is 0.388. The summed E-state index contributed by atoms with van der Waals surface area (Å²) in [7, 11) is 2.18. The number of hydrogen-bond acceptors (Lipinski definition) is 3. The summed E-state index contributed by atoms with van der Waals surface area (Å²) in [6, 6.07) is 2.57. The quantitative estimate of drug-likeness (QED) is 0.828. The second-order valence-corrected chi connectivity index (χ2v) is 5.83. The monoisotopic (exact) mass is 240 g/mol. The molecule has 0 aliphatic carbocycles. The molecule has 0 spiro atoms. The Morgan fingerprint density at radius 1 is 1.44 bits per heavy atom. The van der Waals surface area contributed by atoms with E-state index in [1.54, 1.807) is 0 Å². The summed E-state index contributed by atoms with van der Waals surface area (Å²) in [6.45, 7) is 8.53.